The molecule has 17 heteroatoms. The van der Waals surface area contributed by atoms with E-state index in [2.05, 4.69) is 66.9 Å². The Morgan fingerprint density at radius 1 is 1.09 bits per heavy atom. The zero-order valence-electron chi connectivity index (χ0n) is 41.7. The molecule has 7 heterocycles. The molecule has 6 bridgehead atoms. The number of benzene rings is 1. The standard InChI is InChI=1S/C52H69N9O7S/c1-11-60-41-17-16-34-24-36(41)37(45(60)35-14-12-20-53-43(35)33(6)67-10)26-51(7,8)30-68-49(65)38-15-13-21-61(56-38)48(64)39(25-42-54-40(34)27-69-42)55-46(62)44(31(2)3)57(9)50(66)58-22-18-52(19-23-58)28-59(29-52)47(63)32(4)5/h12,14,16-17,20,24,27,31,33,38-39,44,56H,4,11,13,15,18-19,21-23,25-26,28-30H2,1-3,5-10H3,(H,55,62)/t33-,38-,39-,44?/m0/s1. The first-order chi connectivity index (χ1) is 32.8. The number of pyridine rings is 1. The fourth-order valence-corrected chi connectivity index (χ4v) is 11.6. The fraction of sp³-hybridized carbons (Fsp3) is 0.558. The molecule has 4 atom stereocenters. The van der Waals surface area contributed by atoms with E-state index in [9.17, 15) is 24.0 Å². The van der Waals surface area contributed by atoms with Gasteiger partial charge < -0.3 is 34.1 Å². The van der Waals surface area contributed by atoms with Gasteiger partial charge in [0.15, 0.2) is 0 Å². The summed E-state index contributed by atoms with van der Waals surface area (Å²) in [7, 11) is 3.33. The number of ether oxygens (including phenoxy) is 2. The topological polar surface area (TPSA) is 172 Å². The number of thiazole rings is 1. The van der Waals surface area contributed by atoms with Gasteiger partial charge in [-0.05, 0) is 88.6 Å². The number of urea groups is 1. The van der Waals surface area contributed by atoms with Crippen molar-refractivity contribution in [1.29, 1.82) is 0 Å². The van der Waals surface area contributed by atoms with Gasteiger partial charge >= 0.3 is 12.0 Å². The molecule has 1 aromatic carbocycles. The lowest BCUT2D eigenvalue weighted by Crippen LogP contribution is -2.64. The third-order valence-electron chi connectivity index (χ3n) is 14.6. The van der Waals surface area contributed by atoms with E-state index in [1.807, 2.05) is 37.1 Å². The number of nitrogens with zero attached hydrogens (tertiary/aromatic N) is 7. The highest BCUT2D eigenvalue weighted by molar-refractivity contribution is 7.10. The summed E-state index contributed by atoms with van der Waals surface area (Å²) in [6, 6.07) is 7.43. The summed E-state index contributed by atoms with van der Waals surface area (Å²) in [5.74, 6) is -1.64. The normalized spacial score (nSPS) is 21.3. The number of hydrazine groups is 1. The highest BCUT2D eigenvalue weighted by Gasteiger charge is 2.48. The SMILES string of the molecule is C=C(C)C(=O)N1CC2(CCN(C(=O)N(C)C(C(=O)N[C@H]3Cc4nc(cs4)-c4ccc5c(c4)c(c(-c4cccnc4[C@H](C)OC)n5CC)CC(C)(C)COC(=O)[C@@H]4CCCN(N4)C3=O)C(C)C)CC2)C1. The number of aryl methyl sites for hydroxylation is 1. The minimum Gasteiger partial charge on any atom is -0.464 e. The Balaban J connectivity index is 1.10. The lowest BCUT2D eigenvalue weighted by atomic mass is 9.72. The molecule has 0 aliphatic carbocycles. The molecular weight excluding hydrogens is 895 g/mol. The lowest BCUT2D eigenvalue weighted by Gasteiger charge is -2.54. The quantitative estimate of drug-likeness (QED) is 0.135. The Morgan fingerprint density at radius 2 is 1.83 bits per heavy atom. The molecule has 3 aromatic heterocycles. The summed E-state index contributed by atoms with van der Waals surface area (Å²) in [4.78, 5) is 84.8. The highest BCUT2D eigenvalue weighted by Crippen LogP contribution is 2.43. The number of piperidine rings is 1. The number of likely N-dealkylation sites (tertiary alicyclic amines) is 2. The van der Waals surface area contributed by atoms with Crippen LogP contribution < -0.4 is 10.7 Å². The number of nitrogens with one attached hydrogen (secondary N) is 2. The van der Waals surface area contributed by atoms with Crippen molar-refractivity contribution >= 4 is 52.0 Å². The molecule has 0 radical (unpaired) electrons. The van der Waals surface area contributed by atoms with Crippen molar-refractivity contribution in [2.75, 3.05) is 53.5 Å². The van der Waals surface area contributed by atoms with Gasteiger partial charge in [-0.3, -0.25) is 29.2 Å². The molecule has 370 valence electrons. The number of methoxy groups -OCH3 is 1. The third-order valence-corrected chi connectivity index (χ3v) is 15.4. The van der Waals surface area contributed by atoms with Crippen molar-refractivity contribution in [3.05, 3.63) is 70.3 Å². The largest absolute Gasteiger partial charge is 0.464 e. The second kappa shape index (κ2) is 20.0. The number of likely N-dealkylation sites (N-methyl/N-ethyl adjacent to an activating group) is 1. The Hall–Kier alpha value is -5.65. The van der Waals surface area contributed by atoms with Gasteiger partial charge in [-0.1, -0.05) is 40.3 Å². The maximum atomic E-state index is 14.7. The molecule has 4 aliphatic rings. The Morgan fingerprint density at radius 3 is 2.51 bits per heavy atom. The maximum absolute atomic E-state index is 14.7. The number of fused-ring (bicyclic) bond motifs is 6. The number of esters is 1. The predicted molar refractivity (Wildman–Crippen MR) is 266 cm³/mol. The molecule has 3 fully saturated rings. The van der Waals surface area contributed by atoms with Crippen LogP contribution in [-0.2, 0) is 48.0 Å². The monoisotopic (exact) mass is 964 g/mol. The van der Waals surface area contributed by atoms with Crippen molar-refractivity contribution in [2.24, 2.45) is 16.7 Å². The van der Waals surface area contributed by atoms with E-state index in [1.165, 1.54) is 21.2 Å². The van der Waals surface area contributed by atoms with Crippen LogP contribution in [0.4, 0.5) is 4.79 Å². The first-order valence-electron chi connectivity index (χ1n) is 24.4. The minimum absolute atomic E-state index is 0.0168. The molecule has 5 amide bonds. The van der Waals surface area contributed by atoms with E-state index >= 15 is 0 Å². The van der Waals surface area contributed by atoms with Gasteiger partial charge in [0.1, 0.15) is 18.1 Å². The molecule has 4 aliphatic heterocycles. The maximum Gasteiger partial charge on any atom is 0.324 e. The molecule has 0 saturated carbocycles. The van der Waals surface area contributed by atoms with Crippen LogP contribution >= 0.6 is 11.3 Å². The van der Waals surface area contributed by atoms with Gasteiger partial charge in [-0.15, -0.1) is 11.3 Å². The van der Waals surface area contributed by atoms with Gasteiger partial charge in [0, 0.05) is 110 Å². The van der Waals surface area contributed by atoms with Crippen LogP contribution in [0.25, 0.3) is 33.4 Å². The molecule has 1 unspecified atom stereocenters. The molecule has 69 heavy (non-hydrogen) atoms. The first kappa shape index (κ1) is 49.8. The molecule has 3 saturated heterocycles. The molecule has 2 N–H and O–H groups in total. The Labute approximate surface area is 409 Å². The van der Waals surface area contributed by atoms with Crippen LogP contribution in [0.5, 0.6) is 0 Å². The second-order valence-electron chi connectivity index (χ2n) is 20.8. The van der Waals surface area contributed by atoms with Crippen molar-refractivity contribution in [2.45, 2.75) is 118 Å². The smallest absolute Gasteiger partial charge is 0.324 e. The summed E-state index contributed by atoms with van der Waals surface area (Å²) in [5, 5.41) is 8.18. The van der Waals surface area contributed by atoms with Crippen LogP contribution in [0.3, 0.4) is 0 Å². The lowest BCUT2D eigenvalue weighted by molar-refractivity contribution is -0.155. The average Bonchev–Trinajstić information content (AvgIpc) is 3.92. The summed E-state index contributed by atoms with van der Waals surface area (Å²) in [6.07, 6.45) is 4.74. The van der Waals surface area contributed by atoms with Crippen molar-refractivity contribution in [3.8, 4) is 22.5 Å². The van der Waals surface area contributed by atoms with Crippen LogP contribution in [0.1, 0.15) is 96.5 Å². The van der Waals surface area contributed by atoms with Crippen molar-refractivity contribution in [1.82, 2.24) is 45.0 Å². The Kier molecular flexibility index (Phi) is 14.4. The van der Waals surface area contributed by atoms with Crippen molar-refractivity contribution in [3.63, 3.8) is 0 Å². The average molecular weight is 964 g/mol. The van der Waals surface area contributed by atoms with Crippen LogP contribution in [0.15, 0.2) is 54.1 Å². The number of carbonyl (C=O) groups is 5. The third kappa shape index (κ3) is 10.0. The number of hydrogen-bond acceptors (Lipinski definition) is 11. The number of aromatic nitrogens is 3. The minimum atomic E-state index is -1.07. The number of cyclic esters (lactones) is 1. The van der Waals surface area contributed by atoms with Gasteiger partial charge in [-0.25, -0.2) is 15.2 Å². The molecule has 4 aromatic rings. The number of amides is 5. The van der Waals surface area contributed by atoms with Gasteiger partial charge in [0.2, 0.25) is 11.8 Å². The van der Waals surface area contributed by atoms with E-state index < -0.39 is 41.3 Å². The summed E-state index contributed by atoms with van der Waals surface area (Å²) in [5.41, 5.74) is 9.82. The molecule has 1 spiro atoms. The molecular formula is C52H69N9O7S. The van der Waals surface area contributed by atoms with Crippen LogP contribution in [0, 0.1) is 16.7 Å². The van der Waals surface area contributed by atoms with E-state index in [0.29, 0.717) is 69.1 Å². The van der Waals surface area contributed by atoms with E-state index in [-0.39, 0.29) is 42.4 Å². The van der Waals surface area contributed by atoms with Crippen LogP contribution in [-0.4, -0.2) is 136 Å². The summed E-state index contributed by atoms with van der Waals surface area (Å²) >= 11 is 1.42. The number of rotatable bonds is 9. The van der Waals surface area contributed by atoms with Gasteiger partial charge in [0.25, 0.3) is 5.91 Å². The highest BCUT2D eigenvalue weighted by atomic mass is 32.1. The zero-order chi connectivity index (χ0) is 49.5. The van der Waals surface area contributed by atoms with E-state index in [4.69, 9.17) is 19.4 Å². The first-order valence-corrected chi connectivity index (χ1v) is 25.3. The molecule has 8 rings (SSSR count). The number of hydrogen-bond donors (Lipinski definition) is 2. The molecule has 16 nitrogen and oxygen atoms in total. The van der Waals surface area contributed by atoms with Gasteiger partial charge in [0.05, 0.1) is 34.8 Å². The van der Waals surface area contributed by atoms with Gasteiger partial charge in [-0.2, -0.15) is 0 Å². The predicted octanol–water partition coefficient (Wildman–Crippen LogP) is 6.78. The van der Waals surface area contributed by atoms with Crippen LogP contribution in [0.2, 0.25) is 0 Å². The van der Waals surface area contributed by atoms with Crippen molar-refractivity contribution < 1.29 is 33.4 Å². The Bertz CT molecular complexity index is 2620. The fourth-order valence-electron chi connectivity index (χ4n) is 10.8. The van der Waals surface area contributed by atoms with E-state index in [0.717, 1.165) is 57.5 Å². The second-order valence-corrected chi connectivity index (χ2v) is 21.7. The summed E-state index contributed by atoms with van der Waals surface area (Å²) < 4.78 is 14.3. The van der Waals surface area contributed by atoms with E-state index in [1.54, 1.807) is 32.2 Å². The zero-order valence-corrected chi connectivity index (χ0v) is 42.5. The number of carbonyl (C=O) groups excluding carboxylic acids is 5. The summed E-state index contributed by atoms with van der Waals surface area (Å²) in [6.45, 7) is 21.1.